The summed E-state index contributed by atoms with van der Waals surface area (Å²) < 4.78 is 23.0. The minimum absolute atomic E-state index is 0.107. The van der Waals surface area contributed by atoms with Gasteiger partial charge in [-0.25, -0.2) is 0 Å². The van der Waals surface area contributed by atoms with Crippen LogP contribution in [0, 0.1) is 0 Å². The van der Waals surface area contributed by atoms with Gasteiger partial charge in [0.2, 0.25) is 0 Å². The van der Waals surface area contributed by atoms with Gasteiger partial charge in [0.05, 0.1) is 19.8 Å². The van der Waals surface area contributed by atoms with E-state index >= 15 is 0 Å². The second-order valence-corrected chi connectivity index (χ2v) is 21.9. The highest BCUT2D eigenvalue weighted by Crippen LogP contribution is 2.23. The van der Waals surface area contributed by atoms with Crippen molar-refractivity contribution in [3.8, 4) is 0 Å². The lowest BCUT2D eigenvalue weighted by Gasteiger charge is -2.39. The molecule has 0 aliphatic carbocycles. The van der Waals surface area contributed by atoms with Crippen LogP contribution in [-0.2, 0) is 23.7 Å². The van der Waals surface area contributed by atoms with Crippen LogP contribution in [-0.4, -0.2) is 89.6 Å². The molecule has 0 bridgehead atoms. The number of esters is 1. The van der Waals surface area contributed by atoms with E-state index in [1.165, 1.54) is 263 Å². The number of carbonyl (C=O) groups excluding carboxylic acids is 1. The molecule has 0 aromatic heterocycles. The molecule has 0 saturated carbocycles. The van der Waals surface area contributed by atoms with Gasteiger partial charge in [-0.1, -0.05) is 283 Å². The van der Waals surface area contributed by atoms with Crippen LogP contribution in [0.1, 0.15) is 316 Å². The van der Waals surface area contributed by atoms with Crippen molar-refractivity contribution in [1.82, 2.24) is 0 Å². The molecule has 1 heterocycles. The largest absolute Gasteiger partial charge is 0.457 e. The molecule has 4 N–H and O–H groups in total. The molecule has 1 aliphatic heterocycles. The van der Waals surface area contributed by atoms with Crippen LogP contribution < -0.4 is 0 Å². The van der Waals surface area contributed by atoms with Crippen LogP contribution in [0.4, 0.5) is 0 Å². The lowest BCUT2D eigenvalue weighted by molar-refractivity contribution is -0.305. The molecule has 1 fully saturated rings. The van der Waals surface area contributed by atoms with Crippen molar-refractivity contribution < 1.29 is 44.2 Å². The summed E-state index contributed by atoms with van der Waals surface area (Å²) in [6.07, 6.45) is 58.5. The van der Waals surface area contributed by atoms with Crippen molar-refractivity contribution in [3.05, 3.63) is 12.2 Å². The average Bonchev–Trinajstić information content (AvgIpc) is 3.37. The van der Waals surface area contributed by atoms with E-state index in [4.69, 9.17) is 18.9 Å². The summed E-state index contributed by atoms with van der Waals surface area (Å²) >= 11 is 0. The molecule has 0 aromatic rings. The van der Waals surface area contributed by atoms with Gasteiger partial charge < -0.3 is 39.4 Å². The third kappa shape index (κ3) is 43.8. The topological polar surface area (TPSA) is 135 Å². The van der Waals surface area contributed by atoms with E-state index in [0.29, 0.717) is 13.0 Å². The Morgan fingerprint density at radius 1 is 0.437 bits per heavy atom. The minimum Gasteiger partial charge on any atom is -0.457 e. The molecule has 0 radical (unpaired) electrons. The van der Waals surface area contributed by atoms with E-state index in [0.717, 1.165) is 32.1 Å². The Hall–Kier alpha value is -1.07. The smallest absolute Gasteiger partial charge is 0.306 e. The third-order valence-corrected chi connectivity index (χ3v) is 14.9. The highest BCUT2D eigenvalue weighted by molar-refractivity contribution is 5.69. The summed E-state index contributed by atoms with van der Waals surface area (Å²) in [4.78, 5) is 12.9. The number of rotatable bonds is 56. The standard InChI is InChI=1S/C62H120O9/c1-3-5-7-9-11-13-15-17-19-21-23-25-27-28-30-32-34-36-38-40-42-44-46-48-50-52-68-54-56(55-69-62-61(67)60(66)59(65)57(53-63)71-62)70-58(64)51-49-47-45-43-41-39-37-35-33-31-29-26-24-22-20-18-16-14-12-10-8-6-4-2/h22,24,56-57,59-63,65-67H,3-21,23,25-55H2,1-2H3/b24-22-. The van der Waals surface area contributed by atoms with Crippen LogP contribution in [0.2, 0.25) is 0 Å². The van der Waals surface area contributed by atoms with E-state index in [-0.39, 0.29) is 19.2 Å². The first kappa shape index (κ1) is 67.9. The molecule has 9 nitrogen and oxygen atoms in total. The van der Waals surface area contributed by atoms with Crippen LogP contribution >= 0.6 is 0 Å². The van der Waals surface area contributed by atoms with Crippen molar-refractivity contribution in [3.63, 3.8) is 0 Å². The normalized spacial score (nSPS) is 18.8. The van der Waals surface area contributed by atoms with Crippen molar-refractivity contribution in [2.24, 2.45) is 0 Å². The third-order valence-electron chi connectivity index (χ3n) is 14.9. The van der Waals surface area contributed by atoms with Crippen LogP contribution in [0.5, 0.6) is 0 Å². The lowest BCUT2D eigenvalue weighted by atomic mass is 9.99. The van der Waals surface area contributed by atoms with Crippen molar-refractivity contribution in [2.45, 2.75) is 352 Å². The summed E-state index contributed by atoms with van der Waals surface area (Å²) in [5.74, 6) is -0.306. The van der Waals surface area contributed by atoms with E-state index in [9.17, 15) is 25.2 Å². The Morgan fingerprint density at radius 3 is 1.14 bits per heavy atom. The highest BCUT2D eigenvalue weighted by Gasteiger charge is 2.44. The van der Waals surface area contributed by atoms with Gasteiger partial charge in [0.25, 0.3) is 0 Å². The van der Waals surface area contributed by atoms with E-state index in [1.54, 1.807) is 0 Å². The number of aliphatic hydroxyl groups is 4. The molecule has 1 saturated heterocycles. The molecule has 6 unspecified atom stereocenters. The van der Waals surface area contributed by atoms with Crippen molar-refractivity contribution in [1.29, 1.82) is 0 Å². The van der Waals surface area contributed by atoms with Gasteiger partial charge in [0, 0.05) is 13.0 Å². The summed E-state index contributed by atoms with van der Waals surface area (Å²) in [5.41, 5.74) is 0. The maximum absolute atomic E-state index is 12.9. The number of hydrogen-bond donors (Lipinski definition) is 4. The maximum Gasteiger partial charge on any atom is 0.306 e. The molecular formula is C62H120O9. The highest BCUT2D eigenvalue weighted by atomic mass is 16.7. The molecule has 1 rings (SSSR count). The molecule has 0 spiro atoms. The number of unbranched alkanes of at least 4 members (excludes halogenated alkanes) is 43. The molecule has 9 heteroatoms. The Labute approximate surface area is 439 Å². The first-order valence-corrected chi connectivity index (χ1v) is 31.3. The fourth-order valence-electron chi connectivity index (χ4n) is 10.1. The lowest BCUT2D eigenvalue weighted by Crippen LogP contribution is -2.59. The van der Waals surface area contributed by atoms with E-state index in [1.807, 2.05) is 0 Å². The maximum atomic E-state index is 12.9. The van der Waals surface area contributed by atoms with Gasteiger partial charge in [0.1, 0.15) is 30.5 Å². The first-order chi connectivity index (χ1) is 34.9. The molecule has 6 atom stereocenters. The van der Waals surface area contributed by atoms with Gasteiger partial charge in [-0.15, -0.1) is 0 Å². The molecule has 422 valence electrons. The Balaban J connectivity index is 2.10. The minimum atomic E-state index is -1.53. The number of hydrogen-bond acceptors (Lipinski definition) is 9. The summed E-state index contributed by atoms with van der Waals surface area (Å²) in [5, 5.41) is 40.4. The Bertz CT molecular complexity index is 1100. The van der Waals surface area contributed by atoms with Gasteiger partial charge in [-0.2, -0.15) is 0 Å². The summed E-state index contributed by atoms with van der Waals surface area (Å²) in [6, 6.07) is 0. The predicted molar refractivity (Wildman–Crippen MR) is 298 cm³/mol. The van der Waals surface area contributed by atoms with Crippen molar-refractivity contribution >= 4 is 5.97 Å². The van der Waals surface area contributed by atoms with Crippen LogP contribution in [0.25, 0.3) is 0 Å². The quantitative estimate of drug-likeness (QED) is 0.0267. The Kier molecular flexibility index (Phi) is 51.4. The van der Waals surface area contributed by atoms with Crippen LogP contribution in [0.3, 0.4) is 0 Å². The number of ether oxygens (including phenoxy) is 4. The van der Waals surface area contributed by atoms with Crippen molar-refractivity contribution in [2.75, 3.05) is 26.4 Å². The van der Waals surface area contributed by atoms with E-state index < -0.39 is 43.4 Å². The zero-order valence-corrected chi connectivity index (χ0v) is 47.0. The van der Waals surface area contributed by atoms with E-state index in [2.05, 4.69) is 26.0 Å². The second-order valence-electron chi connectivity index (χ2n) is 21.9. The van der Waals surface area contributed by atoms with Gasteiger partial charge in [0.15, 0.2) is 6.29 Å². The number of carbonyl (C=O) groups is 1. The number of allylic oxidation sites excluding steroid dienone is 2. The second kappa shape index (κ2) is 53.7. The average molecular weight is 1010 g/mol. The summed E-state index contributed by atoms with van der Waals surface area (Å²) in [6.45, 7) is 4.64. The van der Waals surface area contributed by atoms with Crippen LogP contribution in [0.15, 0.2) is 12.2 Å². The molecule has 71 heavy (non-hydrogen) atoms. The Morgan fingerprint density at radius 2 is 0.775 bits per heavy atom. The zero-order chi connectivity index (χ0) is 51.3. The molecular weight excluding hydrogens is 889 g/mol. The molecule has 1 aliphatic rings. The van der Waals surface area contributed by atoms with Gasteiger partial charge in [-0.05, 0) is 38.5 Å². The number of aliphatic hydroxyl groups excluding tert-OH is 4. The monoisotopic (exact) mass is 1010 g/mol. The zero-order valence-electron chi connectivity index (χ0n) is 47.0. The van der Waals surface area contributed by atoms with Gasteiger partial charge >= 0.3 is 5.97 Å². The van der Waals surface area contributed by atoms with Gasteiger partial charge in [-0.3, -0.25) is 4.79 Å². The fourth-order valence-corrected chi connectivity index (χ4v) is 10.1. The fraction of sp³-hybridized carbons (Fsp3) is 0.952. The predicted octanol–water partition coefficient (Wildman–Crippen LogP) is 16.7. The molecule has 0 amide bonds. The first-order valence-electron chi connectivity index (χ1n) is 31.3. The molecule has 0 aromatic carbocycles. The SMILES string of the molecule is CCCCCCCCCC/C=C\CCCCCCCCCCCCCC(=O)OC(COCCCCCCCCCCCCCCCCCCCCCCCCCCC)COC1OC(CO)C(O)C(O)C1O. The summed E-state index contributed by atoms with van der Waals surface area (Å²) in [7, 11) is 0.